The van der Waals surface area contributed by atoms with Crippen molar-refractivity contribution in [1.82, 2.24) is 10.2 Å². The van der Waals surface area contributed by atoms with Crippen molar-refractivity contribution in [2.45, 2.75) is 35.4 Å². The molecule has 2 heterocycles. The zero-order valence-electron chi connectivity index (χ0n) is 15.8. The van der Waals surface area contributed by atoms with Gasteiger partial charge < -0.3 is 15.8 Å². The van der Waals surface area contributed by atoms with E-state index in [0.717, 1.165) is 26.2 Å². The van der Waals surface area contributed by atoms with E-state index in [1.165, 1.54) is 12.3 Å². The number of hydrogen-bond acceptors (Lipinski definition) is 6. The van der Waals surface area contributed by atoms with Crippen molar-refractivity contribution in [2.24, 2.45) is 0 Å². The Morgan fingerprint density at radius 1 is 1.37 bits per heavy atom. The SMILES string of the molecule is COc1c([C@@H]2C[C@](C)(C(F)(F)F)S[C@H]2C(=O)Nc2cnnc(N)c2)ccc(F)c1F. The third-order valence-corrected chi connectivity index (χ3v) is 6.56. The van der Waals surface area contributed by atoms with Crippen LogP contribution in [0.25, 0.3) is 0 Å². The summed E-state index contributed by atoms with van der Waals surface area (Å²) >= 11 is 0.408. The van der Waals surface area contributed by atoms with Crippen molar-refractivity contribution in [2.75, 3.05) is 18.2 Å². The van der Waals surface area contributed by atoms with Gasteiger partial charge in [-0.25, -0.2) is 4.39 Å². The summed E-state index contributed by atoms with van der Waals surface area (Å²) in [5.74, 6) is -4.92. The van der Waals surface area contributed by atoms with Crippen LogP contribution >= 0.6 is 11.8 Å². The lowest BCUT2D eigenvalue weighted by Crippen LogP contribution is -2.37. The van der Waals surface area contributed by atoms with Gasteiger partial charge in [0.1, 0.15) is 10.6 Å². The van der Waals surface area contributed by atoms with E-state index >= 15 is 0 Å². The highest BCUT2D eigenvalue weighted by molar-refractivity contribution is 8.02. The van der Waals surface area contributed by atoms with Crippen LogP contribution in [0.1, 0.15) is 24.8 Å². The maximum absolute atomic E-state index is 14.2. The van der Waals surface area contributed by atoms with Crippen LogP contribution < -0.4 is 15.8 Å². The van der Waals surface area contributed by atoms with E-state index in [9.17, 15) is 26.7 Å². The van der Waals surface area contributed by atoms with Gasteiger partial charge in [0.25, 0.3) is 0 Å². The first-order valence-electron chi connectivity index (χ1n) is 8.62. The maximum Gasteiger partial charge on any atom is 0.403 e. The quantitative estimate of drug-likeness (QED) is 0.690. The van der Waals surface area contributed by atoms with Crippen molar-refractivity contribution in [3.8, 4) is 5.75 Å². The lowest BCUT2D eigenvalue weighted by atomic mass is 9.85. The molecule has 30 heavy (non-hydrogen) atoms. The predicted octanol–water partition coefficient (Wildman–Crippen LogP) is 3.89. The molecule has 1 saturated heterocycles. The number of nitrogens with two attached hydrogens (primary N) is 1. The monoisotopic (exact) mass is 448 g/mol. The number of hydrogen-bond donors (Lipinski definition) is 2. The molecule has 1 aromatic carbocycles. The lowest BCUT2D eigenvalue weighted by Gasteiger charge is -2.26. The molecule has 6 nitrogen and oxygen atoms in total. The smallest absolute Gasteiger partial charge is 0.403 e. The molecule has 1 amide bonds. The minimum atomic E-state index is -4.64. The van der Waals surface area contributed by atoms with Crippen LogP contribution in [0.3, 0.4) is 0 Å². The van der Waals surface area contributed by atoms with Gasteiger partial charge in [0.05, 0.1) is 24.2 Å². The minimum Gasteiger partial charge on any atom is -0.493 e. The summed E-state index contributed by atoms with van der Waals surface area (Å²) in [4.78, 5) is 12.9. The van der Waals surface area contributed by atoms with Gasteiger partial charge in [0, 0.05) is 17.5 Å². The molecular formula is C18H17F5N4O2S. The van der Waals surface area contributed by atoms with Crippen LogP contribution in [0.2, 0.25) is 0 Å². The summed E-state index contributed by atoms with van der Waals surface area (Å²) in [6, 6.07) is 3.22. The zero-order valence-corrected chi connectivity index (χ0v) is 16.6. The highest BCUT2D eigenvalue weighted by Crippen LogP contribution is 2.59. The van der Waals surface area contributed by atoms with Crippen molar-refractivity contribution in [3.05, 3.63) is 41.6 Å². The molecule has 0 spiro atoms. The van der Waals surface area contributed by atoms with Gasteiger partial charge in [-0.15, -0.1) is 16.9 Å². The zero-order chi connectivity index (χ0) is 22.3. The molecule has 0 bridgehead atoms. The number of carbonyl (C=O) groups excluding carboxylic acids is 1. The topological polar surface area (TPSA) is 90.1 Å². The number of nitrogen functional groups attached to an aromatic ring is 1. The second kappa shape index (κ2) is 7.89. The largest absolute Gasteiger partial charge is 0.493 e. The number of methoxy groups -OCH3 is 1. The number of thioether (sulfide) groups is 1. The summed E-state index contributed by atoms with van der Waals surface area (Å²) in [7, 11) is 1.08. The first kappa shape index (κ1) is 22.1. The van der Waals surface area contributed by atoms with Crippen LogP contribution in [0.15, 0.2) is 24.4 Å². The fourth-order valence-corrected chi connectivity index (χ4v) is 4.88. The average Bonchev–Trinajstić information content (AvgIpc) is 3.03. The molecule has 0 aliphatic carbocycles. The Morgan fingerprint density at radius 3 is 2.67 bits per heavy atom. The first-order chi connectivity index (χ1) is 14.0. The average molecular weight is 448 g/mol. The molecule has 12 heteroatoms. The number of amides is 1. The van der Waals surface area contributed by atoms with E-state index in [4.69, 9.17) is 10.5 Å². The van der Waals surface area contributed by atoms with Crippen LogP contribution in [0.4, 0.5) is 33.5 Å². The number of alkyl halides is 3. The van der Waals surface area contributed by atoms with Gasteiger partial charge in [-0.3, -0.25) is 4.79 Å². The van der Waals surface area contributed by atoms with Gasteiger partial charge in [0.15, 0.2) is 11.6 Å². The maximum atomic E-state index is 14.2. The number of halogens is 5. The van der Waals surface area contributed by atoms with Crippen molar-refractivity contribution < 1.29 is 31.5 Å². The second-order valence-corrected chi connectivity index (χ2v) is 8.56. The van der Waals surface area contributed by atoms with E-state index in [1.54, 1.807) is 0 Å². The number of nitrogens with one attached hydrogen (secondary N) is 1. The molecule has 1 aliphatic rings. The highest BCUT2D eigenvalue weighted by Gasteiger charge is 2.60. The third-order valence-electron chi connectivity index (χ3n) is 4.85. The van der Waals surface area contributed by atoms with Crippen LogP contribution in [0.5, 0.6) is 5.75 Å². The van der Waals surface area contributed by atoms with E-state index in [-0.39, 0.29) is 17.1 Å². The van der Waals surface area contributed by atoms with Gasteiger partial charge >= 0.3 is 6.18 Å². The van der Waals surface area contributed by atoms with Gasteiger partial charge in [-0.1, -0.05) is 6.07 Å². The Kier molecular flexibility index (Phi) is 5.81. The lowest BCUT2D eigenvalue weighted by molar-refractivity contribution is -0.155. The molecule has 162 valence electrons. The molecule has 0 saturated carbocycles. The minimum absolute atomic E-state index is 0.00540. The first-order valence-corrected chi connectivity index (χ1v) is 9.50. The molecule has 1 fully saturated rings. The number of anilines is 2. The van der Waals surface area contributed by atoms with Gasteiger partial charge in [-0.2, -0.15) is 22.7 Å². The number of rotatable bonds is 4. The summed E-state index contributed by atoms with van der Waals surface area (Å²) in [6.07, 6.45) is -3.99. The number of carbonyl (C=O) groups is 1. The Hall–Kier alpha value is -2.63. The number of ether oxygens (including phenoxy) is 1. The predicted molar refractivity (Wildman–Crippen MR) is 101 cm³/mol. The third kappa shape index (κ3) is 4.00. The molecule has 2 aromatic rings. The normalized spacial score (nSPS) is 24.0. The summed E-state index contributed by atoms with van der Waals surface area (Å²) in [6.45, 7) is 0.969. The Bertz CT molecular complexity index is 974. The molecule has 1 aliphatic heterocycles. The van der Waals surface area contributed by atoms with E-state index in [2.05, 4.69) is 15.5 Å². The summed E-state index contributed by atoms with van der Waals surface area (Å²) in [5, 5.41) is 8.29. The van der Waals surface area contributed by atoms with Crippen LogP contribution in [0, 0.1) is 11.6 Å². The Labute approximate surface area is 172 Å². The van der Waals surface area contributed by atoms with Crippen molar-refractivity contribution in [3.63, 3.8) is 0 Å². The summed E-state index contributed by atoms with van der Waals surface area (Å²) < 4.78 is 71.6. The standard InChI is InChI=1S/C18H17F5N4O2S/c1-17(18(21,22)23)6-10(9-3-4-11(19)13(20)14(9)29-2)15(30-17)16(28)26-8-5-12(24)27-25-7-8/h3-5,7,10,15H,6H2,1-2H3,(H3,24,26,27,28)/t10-,15+,17+/m0/s1. The molecule has 1 aromatic heterocycles. The van der Waals surface area contributed by atoms with Crippen molar-refractivity contribution >= 4 is 29.2 Å². The van der Waals surface area contributed by atoms with Crippen LogP contribution in [-0.2, 0) is 4.79 Å². The Balaban J connectivity index is 2.02. The molecule has 0 unspecified atom stereocenters. The van der Waals surface area contributed by atoms with E-state index in [0.29, 0.717) is 11.8 Å². The Morgan fingerprint density at radius 2 is 2.07 bits per heavy atom. The fourth-order valence-electron chi connectivity index (χ4n) is 3.34. The molecule has 0 radical (unpaired) electrons. The number of aromatic nitrogens is 2. The number of benzene rings is 1. The fraction of sp³-hybridized carbons (Fsp3) is 0.389. The second-order valence-electron chi connectivity index (χ2n) is 6.92. The molecule has 3 N–H and O–H groups in total. The summed E-state index contributed by atoms with van der Waals surface area (Å²) in [5.41, 5.74) is 5.62. The molecule has 3 atom stereocenters. The molecule has 3 rings (SSSR count). The number of nitrogens with zero attached hydrogens (tertiary/aromatic N) is 2. The highest BCUT2D eigenvalue weighted by atomic mass is 32.2. The van der Waals surface area contributed by atoms with E-state index in [1.807, 2.05) is 0 Å². The van der Waals surface area contributed by atoms with Gasteiger partial charge in [-0.05, 0) is 19.4 Å². The van der Waals surface area contributed by atoms with Gasteiger partial charge in [0.2, 0.25) is 11.7 Å². The van der Waals surface area contributed by atoms with Crippen LogP contribution in [-0.4, -0.2) is 39.4 Å². The van der Waals surface area contributed by atoms with E-state index < -0.39 is 51.8 Å². The molecular weight excluding hydrogens is 431 g/mol. The van der Waals surface area contributed by atoms with Crippen molar-refractivity contribution in [1.29, 1.82) is 0 Å².